The quantitative estimate of drug-likeness (QED) is 0.630. The molecule has 0 radical (unpaired) electrons. The molecule has 0 aliphatic heterocycles. The molecule has 1 aliphatic rings. The number of nitrogens with zero attached hydrogens (tertiary/aromatic N) is 1. The SMILES string of the molecule is NCC1CCCCC1NCc1ccc([N+](=O)[O-])cc1. The number of nitro groups is 1. The molecule has 0 saturated heterocycles. The third-order valence-corrected chi connectivity index (χ3v) is 3.93. The van der Waals surface area contributed by atoms with E-state index in [0.29, 0.717) is 12.0 Å². The van der Waals surface area contributed by atoms with Crippen LogP contribution in [0.15, 0.2) is 24.3 Å². The fourth-order valence-corrected chi connectivity index (χ4v) is 2.74. The van der Waals surface area contributed by atoms with Gasteiger partial charge in [0.1, 0.15) is 0 Å². The molecular weight excluding hydrogens is 242 g/mol. The van der Waals surface area contributed by atoms with Gasteiger partial charge in [-0.2, -0.15) is 0 Å². The lowest BCUT2D eigenvalue weighted by Gasteiger charge is -2.31. The van der Waals surface area contributed by atoms with Crippen LogP contribution in [0.1, 0.15) is 31.2 Å². The third kappa shape index (κ3) is 3.75. The van der Waals surface area contributed by atoms with Gasteiger partial charge in [0, 0.05) is 24.7 Å². The van der Waals surface area contributed by atoms with E-state index in [9.17, 15) is 10.1 Å². The van der Waals surface area contributed by atoms with E-state index in [1.165, 1.54) is 25.7 Å². The Morgan fingerprint density at radius 1 is 1.26 bits per heavy atom. The molecule has 2 unspecified atom stereocenters. The van der Waals surface area contributed by atoms with Gasteiger partial charge in [-0.15, -0.1) is 0 Å². The number of nitro benzene ring substituents is 1. The van der Waals surface area contributed by atoms with Gasteiger partial charge in [0.2, 0.25) is 0 Å². The van der Waals surface area contributed by atoms with Gasteiger partial charge < -0.3 is 11.1 Å². The van der Waals surface area contributed by atoms with Gasteiger partial charge in [-0.1, -0.05) is 25.0 Å². The monoisotopic (exact) mass is 263 g/mol. The highest BCUT2D eigenvalue weighted by Crippen LogP contribution is 2.24. The molecule has 1 aromatic carbocycles. The number of nitrogens with one attached hydrogen (secondary N) is 1. The minimum Gasteiger partial charge on any atom is -0.330 e. The molecule has 0 spiro atoms. The van der Waals surface area contributed by atoms with E-state index in [1.807, 2.05) is 12.1 Å². The van der Waals surface area contributed by atoms with Crippen LogP contribution < -0.4 is 11.1 Å². The maximum Gasteiger partial charge on any atom is 0.269 e. The average molecular weight is 263 g/mol. The van der Waals surface area contributed by atoms with Crippen molar-refractivity contribution in [3.8, 4) is 0 Å². The summed E-state index contributed by atoms with van der Waals surface area (Å²) in [5.41, 5.74) is 7.02. The molecule has 0 heterocycles. The second-order valence-corrected chi connectivity index (χ2v) is 5.19. The number of rotatable bonds is 5. The summed E-state index contributed by atoms with van der Waals surface area (Å²) in [7, 11) is 0. The van der Waals surface area contributed by atoms with Crippen LogP contribution in [-0.4, -0.2) is 17.5 Å². The van der Waals surface area contributed by atoms with E-state index in [0.717, 1.165) is 18.7 Å². The van der Waals surface area contributed by atoms with E-state index in [-0.39, 0.29) is 10.6 Å². The molecule has 19 heavy (non-hydrogen) atoms. The van der Waals surface area contributed by atoms with E-state index in [2.05, 4.69) is 5.32 Å². The summed E-state index contributed by atoms with van der Waals surface area (Å²) in [5.74, 6) is 0.562. The first-order valence-electron chi connectivity index (χ1n) is 6.87. The van der Waals surface area contributed by atoms with Crippen molar-refractivity contribution < 1.29 is 4.92 Å². The minimum absolute atomic E-state index is 0.140. The topological polar surface area (TPSA) is 81.2 Å². The molecule has 0 aromatic heterocycles. The summed E-state index contributed by atoms with van der Waals surface area (Å²) >= 11 is 0. The fraction of sp³-hybridized carbons (Fsp3) is 0.571. The lowest BCUT2D eigenvalue weighted by atomic mass is 9.84. The van der Waals surface area contributed by atoms with Crippen LogP contribution in [-0.2, 0) is 6.54 Å². The zero-order valence-electron chi connectivity index (χ0n) is 11.0. The molecular formula is C14H21N3O2. The summed E-state index contributed by atoms with van der Waals surface area (Å²) < 4.78 is 0. The van der Waals surface area contributed by atoms with Crippen molar-refractivity contribution in [3.63, 3.8) is 0 Å². The second-order valence-electron chi connectivity index (χ2n) is 5.19. The van der Waals surface area contributed by atoms with E-state index in [4.69, 9.17) is 5.73 Å². The highest BCUT2D eigenvalue weighted by Gasteiger charge is 2.23. The number of hydrogen-bond acceptors (Lipinski definition) is 4. The molecule has 0 bridgehead atoms. The van der Waals surface area contributed by atoms with Crippen molar-refractivity contribution in [2.45, 2.75) is 38.3 Å². The molecule has 3 N–H and O–H groups in total. The summed E-state index contributed by atoms with van der Waals surface area (Å²) in [6, 6.07) is 7.21. The largest absolute Gasteiger partial charge is 0.330 e. The van der Waals surface area contributed by atoms with Gasteiger partial charge in [0.05, 0.1) is 4.92 Å². The molecule has 1 aliphatic carbocycles. The van der Waals surface area contributed by atoms with Gasteiger partial charge in [-0.25, -0.2) is 0 Å². The van der Waals surface area contributed by atoms with Crippen molar-refractivity contribution in [2.24, 2.45) is 11.7 Å². The smallest absolute Gasteiger partial charge is 0.269 e. The summed E-state index contributed by atoms with van der Waals surface area (Å²) in [4.78, 5) is 10.2. The molecule has 1 aromatic rings. The first-order chi connectivity index (χ1) is 9.20. The molecule has 1 fully saturated rings. The van der Waals surface area contributed by atoms with Gasteiger partial charge in [-0.05, 0) is 30.9 Å². The minimum atomic E-state index is -0.372. The Hall–Kier alpha value is -1.46. The maximum absolute atomic E-state index is 10.6. The molecule has 5 heteroatoms. The Morgan fingerprint density at radius 2 is 1.95 bits per heavy atom. The summed E-state index contributed by atoms with van der Waals surface area (Å²) in [5, 5.41) is 14.1. The Morgan fingerprint density at radius 3 is 2.58 bits per heavy atom. The molecule has 5 nitrogen and oxygen atoms in total. The molecule has 104 valence electrons. The van der Waals surface area contributed by atoms with Crippen molar-refractivity contribution in [3.05, 3.63) is 39.9 Å². The first kappa shape index (κ1) is 14.0. The normalized spacial score (nSPS) is 23.2. The van der Waals surface area contributed by atoms with Crippen LogP contribution in [0, 0.1) is 16.0 Å². The average Bonchev–Trinajstić information content (AvgIpc) is 2.45. The maximum atomic E-state index is 10.6. The highest BCUT2D eigenvalue weighted by atomic mass is 16.6. The number of hydrogen-bond donors (Lipinski definition) is 2. The van der Waals surface area contributed by atoms with Gasteiger partial charge >= 0.3 is 0 Å². The van der Waals surface area contributed by atoms with E-state index in [1.54, 1.807) is 12.1 Å². The van der Waals surface area contributed by atoms with Crippen LogP contribution >= 0.6 is 0 Å². The van der Waals surface area contributed by atoms with Crippen LogP contribution in [0.2, 0.25) is 0 Å². The Kier molecular flexibility index (Phi) is 4.87. The first-order valence-corrected chi connectivity index (χ1v) is 6.87. The Balaban J connectivity index is 1.88. The number of non-ortho nitro benzene ring substituents is 1. The van der Waals surface area contributed by atoms with E-state index >= 15 is 0 Å². The summed E-state index contributed by atoms with van der Waals surface area (Å²) in [6.45, 7) is 1.48. The number of nitrogens with two attached hydrogens (primary N) is 1. The Bertz CT molecular complexity index is 419. The van der Waals surface area contributed by atoms with E-state index < -0.39 is 0 Å². The lowest BCUT2D eigenvalue weighted by molar-refractivity contribution is -0.384. The molecule has 2 rings (SSSR count). The van der Waals surface area contributed by atoms with Gasteiger partial charge in [0.25, 0.3) is 5.69 Å². The molecule has 1 saturated carbocycles. The van der Waals surface area contributed by atoms with Gasteiger partial charge in [0.15, 0.2) is 0 Å². The predicted octanol–water partition coefficient (Wildman–Crippen LogP) is 2.20. The predicted molar refractivity (Wildman–Crippen MR) is 74.7 cm³/mol. The van der Waals surface area contributed by atoms with Crippen LogP contribution in [0.4, 0.5) is 5.69 Å². The summed E-state index contributed by atoms with van der Waals surface area (Å²) in [6.07, 6.45) is 4.91. The van der Waals surface area contributed by atoms with Crippen molar-refractivity contribution in [1.29, 1.82) is 0 Å². The Labute approximate surface area is 113 Å². The van der Waals surface area contributed by atoms with Crippen molar-refractivity contribution in [2.75, 3.05) is 6.54 Å². The van der Waals surface area contributed by atoms with Gasteiger partial charge in [-0.3, -0.25) is 10.1 Å². The third-order valence-electron chi connectivity index (χ3n) is 3.93. The zero-order valence-corrected chi connectivity index (χ0v) is 11.0. The fourth-order valence-electron chi connectivity index (χ4n) is 2.74. The van der Waals surface area contributed by atoms with Crippen LogP contribution in [0.25, 0.3) is 0 Å². The van der Waals surface area contributed by atoms with Crippen LogP contribution in [0.3, 0.4) is 0 Å². The lowest BCUT2D eigenvalue weighted by Crippen LogP contribution is -2.41. The second kappa shape index (κ2) is 6.63. The molecule has 2 atom stereocenters. The molecule has 0 amide bonds. The van der Waals surface area contributed by atoms with Crippen molar-refractivity contribution >= 4 is 5.69 Å². The highest BCUT2D eigenvalue weighted by molar-refractivity contribution is 5.32. The van der Waals surface area contributed by atoms with Crippen molar-refractivity contribution in [1.82, 2.24) is 5.32 Å². The standard InChI is InChI=1S/C14H21N3O2/c15-9-12-3-1-2-4-14(12)16-10-11-5-7-13(8-6-11)17(18)19/h5-8,12,14,16H,1-4,9-10,15H2. The van der Waals surface area contributed by atoms with Crippen LogP contribution in [0.5, 0.6) is 0 Å². The number of benzene rings is 1. The zero-order chi connectivity index (χ0) is 13.7.